The predicted molar refractivity (Wildman–Crippen MR) is 68.2 cm³/mol. The molecule has 23 heavy (non-hydrogen) atoms. The molecule has 2 aromatic rings. The van der Waals surface area contributed by atoms with E-state index in [1.165, 1.54) is 13.0 Å². The van der Waals surface area contributed by atoms with Gasteiger partial charge in [-0.3, -0.25) is 4.68 Å². The molecule has 1 aromatic carbocycles. The molecule has 2 rings (SSSR count). The molecular weight excluding hydrogens is 326 g/mol. The average Bonchev–Trinajstić information content (AvgIpc) is 2.85. The number of aliphatic hydroxyl groups is 1. The fourth-order valence-corrected chi connectivity index (χ4v) is 2.04. The van der Waals surface area contributed by atoms with Crippen LogP contribution in [0.25, 0.3) is 0 Å². The first-order valence-electron chi connectivity index (χ1n) is 6.40. The third-order valence-corrected chi connectivity index (χ3v) is 3.21. The predicted octanol–water partition coefficient (Wildman–Crippen LogP) is 3.83. The van der Waals surface area contributed by atoms with Crippen LogP contribution in [0.15, 0.2) is 36.5 Å². The van der Waals surface area contributed by atoms with Crippen LogP contribution in [0.1, 0.15) is 23.7 Å². The van der Waals surface area contributed by atoms with Gasteiger partial charge in [-0.1, -0.05) is 12.1 Å². The van der Waals surface area contributed by atoms with Gasteiger partial charge in [-0.05, 0) is 30.7 Å². The summed E-state index contributed by atoms with van der Waals surface area (Å²) in [5.41, 5.74) is -3.99. The zero-order valence-electron chi connectivity index (χ0n) is 11.8. The van der Waals surface area contributed by atoms with Crippen LogP contribution in [0.5, 0.6) is 0 Å². The minimum Gasteiger partial charge on any atom is -0.384 e. The average molecular weight is 338 g/mol. The van der Waals surface area contributed by atoms with Crippen LogP contribution in [0.3, 0.4) is 0 Å². The van der Waals surface area contributed by atoms with Crippen LogP contribution < -0.4 is 0 Å². The van der Waals surface area contributed by atoms with Crippen molar-refractivity contribution in [3.05, 3.63) is 53.3 Å². The van der Waals surface area contributed by atoms with Crippen molar-refractivity contribution < 1.29 is 31.4 Å². The molecule has 0 saturated heterocycles. The Morgan fingerprint density at radius 2 is 1.61 bits per heavy atom. The fraction of sp³-hybridized carbons (Fsp3) is 0.357. The Hall–Kier alpha value is -2.03. The van der Waals surface area contributed by atoms with E-state index >= 15 is 0 Å². The van der Waals surface area contributed by atoms with Crippen molar-refractivity contribution in [2.75, 3.05) is 0 Å². The van der Waals surface area contributed by atoms with Crippen LogP contribution in [-0.4, -0.2) is 14.9 Å². The van der Waals surface area contributed by atoms with Gasteiger partial charge in [0.15, 0.2) is 5.69 Å². The standard InChI is InChI=1S/C14H12F6N2O/c1-12(23,8-22-6-5-11(21-22)14(18,19)20)9-3-2-4-10(7-9)13(15,16)17/h2-7,23H,8H2,1H3/t12-/m0/s1. The van der Waals surface area contributed by atoms with Gasteiger partial charge in [0, 0.05) is 6.20 Å². The molecule has 1 N–H and O–H groups in total. The third-order valence-electron chi connectivity index (χ3n) is 3.21. The smallest absolute Gasteiger partial charge is 0.384 e. The van der Waals surface area contributed by atoms with Gasteiger partial charge in [0.1, 0.15) is 5.60 Å². The van der Waals surface area contributed by atoms with Crippen LogP contribution >= 0.6 is 0 Å². The topological polar surface area (TPSA) is 38.0 Å². The monoisotopic (exact) mass is 338 g/mol. The molecule has 0 fully saturated rings. The summed E-state index contributed by atoms with van der Waals surface area (Å²) in [5, 5.41) is 13.6. The van der Waals surface area contributed by atoms with Gasteiger partial charge in [-0.15, -0.1) is 0 Å². The maximum Gasteiger partial charge on any atom is 0.435 e. The Morgan fingerprint density at radius 1 is 1.00 bits per heavy atom. The molecule has 0 aliphatic rings. The first-order valence-corrected chi connectivity index (χ1v) is 6.40. The molecule has 0 amide bonds. The second-order valence-electron chi connectivity index (χ2n) is 5.25. The van der Waals surface area contributed by atoms with Crippen molar-refractivity contribution in [2.45, 2.75) is 31.4 Å². The summed E-state index contributed by atoms with van der Waals surface area (Å²) >= 11 is 0. The highest BCUT2D eigenvalue weighted by atomic mass is 19.4. The molecule has 0 bridgehead atoms. The summed E-state index contributed by atoms with van der Waals surface area (Å²) in [6.07, 6.45) is -8.21. The minimum absolute atomic E-state index is 0.0728. The fourth-order valence-electron chi connectivity index (χ4n) is 2.04. The summed E-state index contributed by atoms with van der Waals surface area (Å²) in [7, 11) is 0. The van der Waals surface area contributed by atoms with Crippen molar-refractivity contribution in [2.24, 2.45) is 0 Å². The highest BCUT2D eigenvalue weighted by molar-refractivity contribution is 5.29. The van der Waals surface area contributed by atoms with E-state index in [4.69, 9.17) is 0 Å². The van der Waals surface area contributed by atoms with Crippen LogP contribution in [0.4, 0.5) is 26.3 Å². The molecule has 0 aliphatic heterocycles. The lowest BCUT2D eigenvalue weighted by atomic mass is 9.94. The Labute approximate surface area is 127 Å². The SMILES string of the molecule is C[C@](O)(Cn1ccc(C(F)(F)F)n1)c1cccc(C(F)(F)F)c1. The highest BCUT2D eigenvalue weighted by Crippen LogP contribution is 2.33. The second kappa shape index (κ2) is 5.55. The van der Waals surface area contributed by atoms with Gasteiger partial charge in [0.05, 0.1) is 12.1 Å². The number of hydrogen-bond acceptors (Lipinski definition) is 2. The summed E-state index contributed by atoms with van der Waals surface area (Å²) < 4.78 is 76.3. The van der Waals surface area contributed by atoms with Gasteiger partial charge in [-0.25, -0.2) is 0 Å². The highest BCUT2D eigenvalue weighted by Gasteiger charge is 2.35. The minimum atomic E-state index is -4.63. The molecule has 1 heterocycles. The second-order valence-corrected chi connectivity index (χ2v) is 5.25. The number of benzene rings is 1. The van der Waals surface area contributed by atoms with E-state index in [-0.39, 0.29) is 5.56 Å². The van der Waals surface area contributed by atoms with Gasteiger partial charge in [-0.2, -0.15) is 31.4 Å². The van der Waals surface area contributed by atoms with E-state index in [1.54, 1.807) is 0 Å². The van der Waals surface area contributed by atoms with Gasteiger partial charge < -0.3 is 5.11 Å². The maximum atomic E-state index is 12.7. The lowest BCUT2D eigenvalue weighted by Crippen LogP contribution is -2.28. The lowest BCUT2D eigenvalue weighted by molar-refractivity contribution is -0.142. The van der Waals surface area contributed by atoms with Gasteiger partial charge in [0.2, 0.25) is 0 Å². The van der Waals surface area contributed by atoms with E-state index in [0.717, 1.165) is 35.1 Å². The summed E-state index contributed by atoms with van der Waals surface area (Å²) in [5.74, 6) is 0. The molecule has 0 saturated carbocycles. The maximum absolute atomic E-state index is 12.7. The Bertz CT molecular complexity index is 687. The number of aromatic nitrogens is 2. The van der Waals surface area contributed by atoms with Crippen molar-refractivity contribution in [3.63, 3.8) is 0 Å². The summed E-state index contributed by atoms with van der Waals surface area (Å²) in [6, 6.07) is 4.71. The molecule has 0 unspecified atom stereocenters. The molecular formula is C14H12F6N2O. The molecule has 0 radical (unpaired) electrons. The number of hydrogen-bond donors (Lipinski definition) is 1. The Morgan fingerprint density at radius 3 is 2.13 bits per heavy atom. The molecule has 126 valence electrons. The molecule has 9 heteroatoms. The number of rotatable bonds is 3. The van der Waals surface area contributed by atoms with Crippen LogP contribution in [-0.2, 0) is 24.5 Å². The van der Waals surface area contributed by atoms with E-state index in [1.807, 2.05) is 0 Å². The third kappa shape index (κ3) is 4.04. The molecule has 0 spiro atoms. The Balaban J connectivity index is 2.27. The van der Waals surface area contributed by atoms with Crippen molar-refractivity contribution in [1.82, 2.24) is 9.78 Å². The Kier molecular flexibility index (Phi) is 4.18. The summed E-state index contributed by atoms with van der Waals surface area (Å²) in [6.45, 7) is 0.780. The van der Waals surface area contributed by atoms with E-state index in [9.17, 15) is 31.4 Å². The molecule has 3 nitrogen and oxygen atoms in total. The van der Waals surface area contributed by atoms with Crippen LogP contribution in [0, 0.1) is 0 Å². The number of halogens is 6. The van der Waals surface area contributed by atoms with Crippen molar-refractivity contribution in [1.29, 1.82) is 0 Å². The van der Waals surface area contributed by atoms with Crippen molar-refractivity contribution >= 4 is 0 Å². The largest absolute Gasteiger partial charge is 0.435 e. The molecule has 1 aromatic heterocycles. The quantitative estimate of drug-likeness (QED) is 0.864. The van der Waals surface area contributed by atoms with Crippen LogP contribution in [0.2, 0.25) is 0 Å². The summed E-state index contributed by atoms with van der Waals surface area (Å²) in [4.78, 5) is 0. The van der Waals surface area contributed by atoms with Crippen molar-refractivity contribution in [3.8, 4) is 0 Å². The molecule has 1 atom stereocenters. The zero-order chi connectivity index (χ0) is 17.5. The number of alkyl halides is 6. The number of nitrogens with zero attached hydrogens (tertiary/aromatic N) is 2. The van der Waals surface area contributed by atoms with E-state index in [2.05, 4.69) is 5.10 Å². The first kappa shape index (κ1) is 17.3. The zero-order valence-corrected chi connectivity index (χ0v) is 11.8. The van der Waals surface area contributed by atoms with E-state index in [0.29, 0.717) is 0 Å². The van der Waals surface area contributed by atoms with Gasteiger partial charge >= 0.3 is 12.4 Å². The normalized spacial score (nSPS) is 15.5. The lowest BCUT2D eigenvalue weighted by Gasteiger charge is -2.24. The molecule has 0 aliphatic carbocycles. The van der Waals surface area contributed by atoms with E-state index < -0.39 is 35.8 Å². The first-order chi connectivity index (χ1) is 10.4. The van der Waals surface area contributed by atoms with Gasteiger partial charge in [0.25, 0.3) is 0 Å².